The molecule has 0 unspecified atom stereocenters. The van der Waals surface area contributed by atoms with E-state index in [-0.39, 0.29) is 28.6 Å². The van der Waals surface area contributed by atoms with E-state index in [0.717, 1.165) is 24.0 Å². The summed E-state index contributed by atoms with van der Waals surface area (Å²) in [7, 11) is 0. The first-order valence-electron chi connectivity index (χ1n) is 4.91. The molecule has 1 rings (SSSR count). The van der Waals surface area contributed by atoms with Crippen LogP contribution in [0.25, 0.3) is 0 Å². The molecule has 0 saturated carbocycles. The van der Waals surface area contributed by atoms with Crippen molar-refractivity contribution in [2.24, 2.45) is 0 Å². The Balaban J connectivity index is 2.81. The van der Waals surface area contributed by atoms with Gasteiger partial charge in [-0.25, -0.2) is 4.98 Å². The molecular formula is C10H9N3O4S. The van der Waals surface area contributed by atoms with Gasteiger partial charge in [0.2, 0.25) is 0 Å². The Hall–Kier alpha value is -2.14. The molecule has 18 heavy (non-hydrogen) atoms. The Bertz CT molecular complexity index is 512. The lowest BCUT2D eigenvalue weighted by atomic mass is 10.3. The molecule has 0 aliphatic rings. The van der Waals surface area contributed by atoms with Gasteiger partial charge < -0.3 is 4.74 Å². The van der Waals surface area contributed by atoms with Crippen molar-refractivity contribution < 1.29 is 14.5 Å². The van der Waals surface area contributed by atoms with Crippen molar-refractivity contribution >= 4 is 23.4 Å². The highest BCUT2D eigenvalue weighted by atomic mass is 32.2. The van der Waals surface area contributed by atoms with Gasteiger partial charge in [-0.3, -0.25) is 14.9 Å². The van der Waals surface area contributed by atoms with E-state index >= 15 is 0 Å². The first kappa shape index (κ1) is 13.9. The third-order valence-corrected chi connectivity index (χ3v) is 2.78. The van der Waals surface area contributed by atoms with Crippen molar-refractivity contribution in [3.63, 3.8) is 0 Å². The van der Waals surface area contributed by atoms with Crippen LogP contribution < -0.4 is 0 Å². The van der Waals surface area contributed by atoms with Gasteiger partial charge in [-0.2, -0.15) is 5.26 Å². The first-order chi connectivity index (χ1) is 8.58. The highest BCUT2D eigenvalue weighted by Crippen LogP contribution is 2.23. The van der Waals surface area contributed by atoms with Gasteiger partial charge in [0.25, 0.3) is 5.69 Å². The number of carbonyl (C=O) groups is 1. The van der Waals surface area contributed by atoms with E-state index in [1.54, 1.807) is 13.0 Å². The fourth-order valence-corrected chi connectivity index (χ4v) is 1.79. The van der Waals surface area contributed by atoms with Crippen LogP contribution in [0.2, 0.25) is 0 Å². The van der Waals surface area contributed by atoms with Crippen LogP contribution in [0.1, 0.15) is 12.5 Å². The maximum Gasteiger partial charge on any atom is 0.316 e. The van der Waals surface area contributed by atoms with Crippen LogP contribution in [-0.2, 0) is 9.53 Å². The molecule has 0 aliphatic heterocycles. The molecule has 0 amide bonds. The van der Waals surface area contributed by atoms with Gasteiger partial charge >= 0.3 is 5.97 Å². The fourth-order valence-electron chi connectivity index (χ4n) is 1.07. The number of carbonyl (C=O) groups excluding carboxylic acids is 1. The number of ether oxygens (including phenoxy) is 1. The molecule has 1 aromatic rings. The second kappa shape index (κ2) is 6.56. The van der Waals surface area contributed by atoms with E-state index in [2.05, 4.69) is 4.98 Å². The molecule has 0 radical (unpaired) electrons. The number of aromatic nitrogens is 1. The largest absolute Gasteiger partial charge is 0.465 e. The number of hydrogen-bond acceptors (Lipinski definition) is 7. The van der Waals surface area contributed by atoms with Crippen LogP contribution in [0, 0.1) is 21.4 Å². The summed E-state index contributed by atoms with van der Waals surface area (Å²) in [5.74, 6) is -0.417. The lowest BCUT2D eigenvalue weighted by molar-refractivity contribution is -0.385. The predicted molar refractivity (Wildman–Crippen MR) is 63.0 cm³/mol. The molecule has 8 heteroatoms. The van der Waals surface area contributed by atoms with Crippen molar-refractivity contribution in [1.82, 2.24) is 4.98 Å². The summed E-state index contributed by atoms with van der Waals surface area (Å²) >= 11 is 1.01. The quantitative estimate of drug-likeness (QED) is 0.344. The number of rotatable bonds is 5. The molecule has 0 aliphatic carbocycles. The lowest BCUT2D eigenvalue weighted by Gasteiger charge is -2.02. The zero-order valence-electron chi connectivity index (χ0n) is 9.45. The average molecular weight is 267 g/mol. The number of thioether (sulfide) groups is 1. The molecule has 1 heterocycles. The highest BCUT2D eigenvalue weighted by molar-refractivity contribution is 7.99. The SMILES string of the molecule is CCOC(=O)CSc1ncc([N+](=O)[O-])cc1C#N. The molecule has 7 nitrogen and oxygen atoms in total. The van der Waals surface area contributed by atoms with Crippen LogP contribution in [-0.4, -0.2) is 28.2 Å². The minimum Gasteiger partial charge on any atom is -0.465 e. The van der Waals surface area contributed by atoms with Crippen LogP contribution in [0.5, 0.6) is 0 Å². The molecule has 0 atom stereocenters. The summed E-state index contributed by atoms with van der Waals surface area (Å²) in [4.78, 5) is 24.8. The standard InChI is InChI=1S/C10H9N3O4S/c1-2-17-9(14)6-18-10-7(4-11)3-8(5-12-10)13(15)16/h3,5H,2,6H2,1H3. The van der Waals surface area contributed by atoms with Crippen molar-refractivity contribution in [1.29, 1.82) is 5.26 Å². The normalized spacial score (nSPS) is 9.56. The monoisotopic (exact) mass is 267 g/mol. The highest BCUT2D eigenvalue weighted by Gasteiger charge is 2.14. The summed E-state index contributed by atoms with van der Waals surface area (Å²) in [6, 6.07) is 2.93. The van der Waals surface area contributed by atoms with E-state index < -0.39 is 10.9 Å². The Morgan fingerprint density at radius 3 is 3.00 bits per heavy atom. The molecular weight excluding hydrogens is 258 g/mol. The first-order valence-corrected chi connectivity index (χ1v) is 5.90. The summed E-state index contributed by atoms with van der Waals surface area (Å²) < 4.78 is 4.72. The Labute approximate surface area is 107 Å². The van der Waals surface area contributed by atoms with Crippen LogP contribution in [0.4, 0.5) is 5.69 Å². The number of nitriles is 1. The topological polar surface area (TPSA) is 106 Å². The zero-order chi connectivity index (χ0) is 13.5. The second-order valence-electron chi connectivity index (χ2n) is 3.01. The van der Waals surface area contributed by atoms with Crippen molar-refractivity contribution in [3.8, 4) is 6.07 Å². The minimum absolute atomic E-state index is 0.00727. The number of esters is 1. The van der Waals surface area contributed by atoms with Gasteiger partial charge in [-0.15, -0.1) is 0 Å². The zero-order valence-corrected chi connectivity index (χ0v) is 10.3. The van der Waals surface area contributed by atoms with Crippen molar-refractivity contribution in [2.75, 3.05) is 12.4 Å². The van der Waals surface area contributed by atoms with Crippen LogP contribution in [0.15, 0.2) is 17.3 Å². The second-order valence-corrected chi connectivity index (χ2v) is 3.97. The van der Waals surface area contributed by atoms with E-state index in [9.17, 15) is 14.9 Å². The predicted octanol–water partition coefficient (Wildman–Crippen LogP) is 1.52. The summed E-state index contributed by atoms with van der Waals surface area (Å²) in [5.41, 5.74) is -0.189. The van der Waals surface area contributed by atoms with Gasteiger partial charge in [0, 0.05) is 6.07 Å². The molecule has 0 bridgehead atoms. The molecule has 0 saturated heterocycles. The van der Waals surface area contributed by atoms with Gasteiger partial charge in [0.05, 0.1) is 22.8 Å². The third-order valence-electron chi connectivity index (χ3n) is 1.80. The number of pyridine rings is 1. The summed E-state index contributed by atoms with van der Waals surface area (Å²) in [6.07, 6.45) is 1.05. The lowest BCUT2D eigenvalue weighted by Crippen LogP contribution is -2.07. The number of hydrogen-bond donors (Lipinski definition) is 0. The van der Waals surface area contributed by atoms with Crippen molar-refractivity contribution in [3.05, 3.63) is 27.9 Å². The molecule has 0 spiro atoms. The van der Waals surface area contributed by atoms with E-state index in [4.69, 9.17) is 10.00 Å². The van der Waals surface area contributed by atoms with E-state index in [1.807, 2.05) is 0 Å². The Morgan fingerprint density at radius 1 is 1.72 bits per heavy atom. The average Bonchev–Trinajstić information content (AvgIpc) is 2.36. The molecule has 0 N–H and O–H groups in total. The molecule has 0 fully saturated rings. The van der Waals surface area contributed by atoms with Gasteiger partial charge in [-0.1, -0.05) is 11.8 Å². The number of nitrogens with zero attached hydrogens (tertiary/aromatic N) is 3. The molecule has 94 valence electrons. The Kier molecular flexibility index (Phi) is 5.07. The van der Waals surface area contributed by atoms with Crippen molar-refractivity contribution in [2.45, 2.75) is 11.9 Å². The third kappa shape index (κ3) is 3.71. The summed E-state index contributed by atoms with van der Waals surface area (Å²) in [6.45, 7) is 1.96. The smallest absolute Gasteiger partial charge is 0.316 e. The van der Waals surface area contributed by atoms with Crippen LogP contribution >= 0.6 is 11.8 Å². The van der Waals surface area contributed by atoms with Crippen LogP contribution in [0.3, 0.4) is 0 Å². The maximum atomic E-state index is 11.1. The van der Waals surface area contributed by atoms with Gasteiger partial charge in [0.1, 0.15) is 17.3 Å². The minimum atomic E-state index is -0.631. The maximum absolute atomic E-state index is 11.1. The fraction of sp³-hybridized carbons (Fsp3) is 0.300. The van der Waals surface area contributed by atoms with Gasteiger partial charge in [-0.05, 0) is 6.92 Å². The molecule has 0 aromatic carbocycles. The summed E-state index contributed by atoms with van der Waals surface area (Å²) in [5, 5.41) is 19.6. The van der Waals surface area contributed by atoms with Gasteiger partial charge in [0.15, 0.2) is 0 Å². The molecule has 1 aromatic heterocycles. The Morgan fingerprint density at radius 2 is 2.44 bits per heavy atom. The van der Waals surface area contributed by atoms with E-state index in [1.165, 1.54) is 0 Å². The number of nitro groups is 1. The van der Waals surface area contributed by atoms with E-state index in [0.29, 0.717) is 0 Å².